The Bertz CT molecular complexity index is 1370. The van der Waals surface area contributed by atoms with Gasteiger partial charge < -0.3 is 15.4 Å². The Morgan fingerprint density at radius 1 is 0.971 bits per heavy atom. The number of amides is 2. The zero-order chi connectivity index (χ0) is 24.2. The molecule has 2 amide bonds. The minimum absolute atomic E-state index is 0.0212. The van der Waals surface area contributed by atoms with Gasteiger partial charge in [-0.25, -0.2) is 4.98 Å². The molecule has 2 aromatic carbocycles. The van der Waals surface area contributed by atoms with Crippen LogP contribution in [0, 0.1) is 0 Å². The number of benzene rings is 2. The molecule has 1 unspecified atom stereocenters. The second kappa shape index (κ2) is 10.1. The highest BCUT2D eigenvalue weighted by Crippen LogP contribution is 2.29. The molecule has 1 atom stereocenters. The van der Waals surface area contributed by atoms with Crippen LogP contribution in [0.25, 0.3) is 10.6 Å². The second-order valence-electron chi connectivity index (χ2n) is 8.31. The van der Waals surface area contributed by atoms with E-state index >= 15 is 0 Å². The summed E-state index contributed by atoms with van der Waals surface area (Å²) in [7, 11) is 1.56. The molecule has 35 heavy (non-hydrogen) atoms. The van der Waals surface area contributed by atoms with E-state index in [1.165, 1.54) is 16.9 Å². The first-order valence-corrected chi connectivity index (χ1v) is 12.3. The number of thiazole rings is 1. The van der Waals surface area contributed by atoms with Gasteiger partial charge in [0.05, 0.1) is 0 Å². The normalized spacial score (nSPS) is 14.6. The van der Waals surface area contributed by atoms with Crippen molar-refractivity contribution in [2.45, 2.75) is 25.3 Å². The number of carbonyl (C=O) groups is 2. The molecule has 5 rings (SSSR count). The molecular weight excluding hydrogens is 460 g/mol. The third-order valence-electron chi connectivity index (χ3n) is 5.93. The van der Waals surface area contributed by atoms with Crippen LogP contribution in [0.3, 0.4) is 0 Å². The molecule has 1 aliphatic rings. The maximum atomic E-state index is 12.9. The maximum absolute atomic E-state index is 12.9. The highest BCUT2D eigenvalue weighted by molar-refractivity contribution is 7.13. The SMILES string of the molecule is CNC(=O)c1cc(Oc2ccc3c(c2)CC(NC(=O)c2csc(-c4ccccc4)n2)CC3)ccn1. The van der Waals surface area contributed by atoms with E-state index in [1.807, 2.05) is 47.8 Å². The fourth-order valence-corrected chi connectivity index (χ4v) is 4.94. The molecule has 176 valence electrons. The summed E-state index contributed by atoms with van der Waals surface area (Å²) < 4.78 is 5.99. The summed E-state index contributed by atoms with van der Waals surface area (Å²) in [5.41, 5.74) is 4.14. The number of hydrogen-bond donors (Lipinski definition) is 2. The average Bonchev–Trinajstić information content (AvgIpc) is 3.39. The number of hydrogen-bond acceptors (Lipinski definition) is 6. The molecule has 7 nitrogen and oxygen atoms in total. The number of nitrogens with zero attached hydrogens (tertiary/aromatic N) is 2. The lowest BCUT2D eigenvalue weighted by atomic mass is 9.88. The van der Waals surface area contributed by atoms with Gasteiger partial charge in [0.25, 0.3) is 11.8 Å². The minimum Gasteiger partial charge on any atom is -0.457 e. The van der Waals surface area contributed by atoms with Gasteiger partial charge in [0.2, 0.25) is 0 Å². The summed E-state index contributed by atoms with van der Waals surface area (Å²) in [5.74, 6) is 0.798. The predicted octanol–water partition coefficient (Wildman–Crippen LogP) is 4.64. The number of fused-ring (bicyclic) bond motifs is 1. The summed E-state index contributed by atoms with van der Waals surface area (Å²) in [4.78, 5) is 33.3. The van der Waals surface area contributed by atoms with Gasteiger partial charge >= 0.3 is 0 Å². The van der Waals surface area contributed by atoms with Gasteiger partial charge in [0, 0.05) is 36.3 Å². The molecule has 0 saturated carbocycles. The zero-order valence-corrected chi connectivity index (χ0v) is 20.0. The summed E-state index contributed by atoms with van der Waals surface area (Å²) in [6.07, 6.45) is 4.01. The molecule has 1 aliphatic carbocycles. The fourth-order valence-electron chi connectivity index (χ4n) is 4.13. The zero-order valence-electron chi connectivity index (χ0n) is 19.2. The van der Waals surface area contributed by atoms with E-state index in [4.69, 9.17) is 4.74 Å². The molecule has 0 saturated heterocycles. The molecule has 0 radical (unpaired) electrons. The second-order valence-corrected chi connectivity index (χ2v) is 9.16. The van der Waals surface area contributed by atoms with Crippen molar-refractivity contribution >= 4 is 23.2 Å². The van der Waals surface area contributed by atoms with Crippen molar-refractivity contribution < 1.29 is 14.3 Å². The van der Waals surface area contributed by atoms with Crippen molar-refractivity contribution in [1.29, 1.82) is 0 Å². The van der Waals surface area contributed by atoms with Crippen LogP contribution >= 0.6 is 11.3 Å². The summed E-state index contributed by atoms with van der Waals surface area (Å²) in [6, 6.07) is 19.2. The highest BCUT2D eigenvalue weighted by atomic mass is 32.1. The van der Waals surface area contributed by atoms with E-state index in [1.54, 1.807) is 25.4 Å². The van der Waals surface area contributed by atoms with Crippen LogP contribution in [0.15, 0.2) is 72.2 Å². The standard InChI is InChI=1S/C27H24N4O3S/c1-28-25(32)23-15-22(11-12-29-23)34-21-10-8-17-7-9-20(13-19(17)14-21)30-26(33)24-16-35-27(31-24)18-5-3-2-4-6-18/h2-6,8,10-12,14-16,20H,7,9,13H2,1H3,(H,28,32)(H,30,33). The van der Waals surface area contributed by atoms with Gasteiger partial charge in [-0.3, -0.25) is 14.6 Å². The Hall–Kier alpha value is -4.04. The van der Waals surface area contributed by atoms with E-state index in [0.717, 1.165) is 29.0 Å². The fraction of sp³-hybridized carbons (Fsp3) is 0.185. The quantitative estimate of drug-likeness (QED) is 0.416. The van der Waals surface area contributed by atoms with E-state index in [0.29, 0.717) is 29.3 Å². The van der Waals surface area contributed by atoms with Crippen LogP contribution < -0.4 is 15.4 Å². The lowest BCUT2D eigenvalue weighted by molar-refractivity contribution is 0.0927. The number of aryl methyl sites for hydroxylation is 1. The molecule has 2 aromatic heterocycles. The molecule has 0 bridgehead atoms. The Balaban J connectivity index is 1.25. The maximum Gasteiger partial charge on any atom is 0.271 e. The largest absolute Gasteiger partial charge is 0.457 e. The lowest BCUT2D eigenvalue weighted by Gasteiger charge is -2.25. The van der Waals surface area contributed by atoms with Gasteiger partial charge in [-0.1, -0.05) is 36.4 Å². The Morgan fingerprint density at radius 2 is 1.80 bits per heavy atom. The molecule has 0 spiro atoms. The van der Waals surface area contributed by atoms with Crippen LogP contribution in [0.2, 0.25) is 0 Å². The molecule has 2 N–H and O–H groups in total. The van der Waals surface area contributed by atoms with Crippen molar-refractivity contribution in [3.63, 3.8) is 0 Å². The molecular formula is C27H24N4O3S. The number of nitrogens with one attached hydrogen (secondary N) is 2. The van der Waals surface area contributed by atoms with Gasteiger partial charge in [0.1, 0.15) is 27.9 Å². The van der Waals surface area contributed by atoms with Gasteiger partial charge in [-0.05, 0) is 48.6 Å². The number of aromatic nitrogens is 2. The average molecular weight is 485 g/mol. The van der Waals surface area contributed by atoms with Crippen molar-refractivity contribution in [3.05, 3.63) is 94.8 Å². The van der Waals surface area contributed by atoms with Crippen molar-refractivity contribution in [2.24, 2.45) is 0 Å². The Labute approximate surface area is 207 Å². The van der Waals surface area contributed by atoms with E-state index < -0.39 is 0 Å². The van der Waals surface area contributed by atoms with Crippen molar-refractivity contribution in [3.8, 4) is 22.1 Å². The molecule has 0 fully saturated rings. The predicted molar refractivity (Wildman–Crippen MR) is 135 cm³/mol. The number of ether oxygens (including phenoxy) is 1. The topological polar surface area (TPSA) is 93.2 Å². The van der Waals surface area contributed by atoms with Crippen LogP contribution in [-0.2, 0) is 12.8 Å². The first-order valence-electron chi connectivity index (χ1n) is 11.4. The van der Waals surface area contributed by atoms with Crippen molar-refractivity contribution in [1.82, 2.24) is 20.6 Å². The van der Waals surface area contributed by atoms with Gasteiger partial charge in [-0.15, -0.1) is 11.3 Å². The summed E-state index contributed by atoms with van der Waals surface area (Å²) >= 11 is 1.47. The summed E-state index contributed by atoms with van der Waals surface area (Å²) in [6.45, 7) is 0. The first-order chi connectivity index (χ1) is 17.1. The van der Waals surface area contributed by atoms with E-state index in [-0.39, 0.29) is 17.9 Å². The van der Waals surface area contributed by atoms with Gasteiger partial charge in [-0.2, -0.15) is 0 Å². The third kappa shape index (κ3) is 5.22. The lowest BCUT2D eigenvalue weighted by Crippen LogP contribution is -2.39. The minimum atomic E-state index is -0.268. The van der Waals surface area contributed by atoms with Crippen LogP contribution in [0.5, 0.6) is 11.5 Å². The first kappa shape index (κ1) is 22.7. The smallest absolute Gasteiger partial charge is 0.271 e. The van der Waals surface area contributed by atoms with Crippen molar-refractivity contribution in [2.75, 3.05) is 7.05 Å². The molecule has 0 aliphatic heterocycles. The van der Waals surface area contributed by atoms with Crippen LogP contribution in [-0.4, -0.2) is 34.9 Å². The highest BCUT2D eigenvalue weighted by Gasteiger charge is 2.22. The number of rotatable bonds is 6. The van der Waals surface area contributed by atoms with Crippen LogP contribution in [0.1, 0.15) is 38.5 Å². The Morgan fingerprint density at radius 3 is 2.63 bits per heavy atom. The molecule has 4 aromatic rings. The molecule has 2 heterocycles. The molecule has 8 heteroatoms. The third-order valence-corrected chi connectivity index (χ3v) is 6.82. The van der Waals surface area contributed by atoms with Crippen LogP contribution in [0.4, 0.5) is 0 Å². The number of pyridine rings is 1. The monoisotopic (exact) mass is 484 g/mol. The van der Waals surface area contributed by atoms with E-state index in [9.17, 15) is 9.59 Å². The van der Waals surface area contributed by atoms with E-state index in [2.05, 4.69) is 26.7 Å². The number of carbonyl (C=O) groups excluding carboxylic acids is 2. The summed E-state index contributed by atoms with van der Waals surface area (Å²) in [5, 5.41) is 8.35. The Kier molecular flexibility index (Phi) is 6.54. The van der Waals surface area contributed by atoms with Gasteiger partial charge in [0.15, 0.2) is 0 Å².